The molecule has 1 amide bonds. The minimum absolute atomic E-state index is 0.182. The van der Waals surface area contributed by atoms with E-state index in [0.29, 0.717) is 12.2 Å². The number of hydrogen-bond donors (Lipinski definition) is 2. The first kappa shape index (κ1) is 15.6. The molecule has 128 valence electrons. The van der Waals surface area contributed by atoms with Crippen LogP contribution in [0, 0.1) is 0 Å². The summed E-state index contributed by atoms with van der Waals surface area (Å²) >= 11 is 0. The number of fused-ring (bicyclic) bond motifs is 1. The molecule has 3 aromatic rings. The SMILES string of the molecule is O=C(NCCc1n[nH]c2c1CCCC2)c1cnnn1-c1ccccc1. The van der Waals surface area contributed by atoms with Crippen LogP contribution in [0.15, 0.2) is 36.5 Å². The molecule has 7 heteroatoms. The quantitative estimate of drug-likeness (QED) is 0.744. The Morgan fingerprint density at radius 3 is 2.92 bits per heavy atom. The molecule has 0 saturated carbocycles. The number of nitrogens with one attached hydrogen (secondary N) is 2. The van der Waals surface area contributed by atoms with Crippen molar-refractivity contribution in [3.05, 3.63) is 59.2 Å². The molecule has 1 aliphatic carbocycles. The van der Waals surface area contributed by atoms with Gasteiger partial charge in [-0.25, -0.2) is 4.68 Å². The van der Waals surface area contributed by atoms with E-state index in [2.05, 4.69) is 25.8 Å². The summed E-state index contributed by atoms with van der Waals surface area (Å²) in [6.45, 7) is 0.538. The van der Waals surface area contributed by atoms with E-state index < -0.39 is 0 Å². The van der Waals surface area contributed by atoms with Gasteiger partial charge in [0.15, 0.2) is 5.69 Å². The van der Waals surface area contributed by atoms with E-state index in [9.17, 15) is 4.79 Å². The molecule has 4 rings (SSSR count). The van der Waals surface area contributed by atoms with Gasteiger partial charge in [0.05, 0.1) is 17.6 Å². The van der Waals surface area contributed by atoms with Crippen molar-refractivity contribution >= 4 is 5.91 Å². The summed E-state index contributed by atoms with van der Waals surface area (Å²) in [7, 11) is 0. The zero-order valence-electron chi connectivity index (χ0n) is 13.9. The molecule has 1 aliphatic rings. The van der Waals surface area contributed by atoms with Gasteiger partial charge in [0.2, 0.25) is 0 Å². The van der Waals surface area contributed by atoms with Crippen LogP contribution in [0.25, 0.3) is 5.69 Å². The third-order valence-corrected chi connectivity index (χ3v) is 4.57. The van der Waals surface area contributed by atoms with Gasteiger partial charge in [-0.3, -0.25) is 9.89 Å². The molecular formula is C18H20N6O. The molecule has 25 heavy (non-hydrogen) atoms. The highest BCUT2D eigenvalue weighted by molar-refractivity contribution is 5.92. The molecule has 0 radical (unpaired) electrons. The molecule has 0 fully saturated rings. The molecule has 0 spiro atoms. The van der Waals surface area contributed by atoms with Crippen molar-refractivity contribution in [1.82, 2.24) is 30.5 Å². The van der Waals surface area contributed by atoms with Crippen molar-refractivity contribution in [2.75, 3.05) is 6.54 Å². The second kappa shape index (κ2) is 6.88. The smallest absolute Gasteiger partial charge is 0.271 e. The number of benzene rings is 1. The molecule has 0 saturated heterocycles. The Bertz CT molecular complexity index is 867. The highest BCUT2D eigenvalue weighted by atomic mass is 16.2. The van der Waals surface area contributed by atoms with Crippen LogP contribution in [-0.4, -0.2) is 37.6 Å². The van der Waals surface area contributed by atoms with Crippen LogP contribution in [0.5, 0.6) is 0 Å². The van der Waals surface area contributed by atoms with Crippen LogP contribution in [0.1, 0.15) is 40.3 Å². The molecule has 0 unspecified atom stereocenters. The maximum Gasteiger partial charge on any atom is 0.271 e. The second-order valence-corrected chi connectivity index (χ2v) is 6.21. The van der Waals surface area contributed by atoms with Crippen LogP contribution >= 0.6 is 0 Å². The lowest BCUT2D eigenvalue weighted by Crippen LogP contribution is -2.28. The van der Waals surface area contributed by atoms with E-state index in [4.69, 9.17) is 0 Å². The van der Waals surface area contributed by atoms with Crippen LogP contribution in [0.4, 0.5) is 0 Å². The second-order valence-electron chi connectivity index (χ2n) is 6.21. The van der Waals surface area contributed by atoms with Crippen molar-refractivity contribution < 1.29 is 4.79 Å². The lowest BCUT2D eigenvalue weighted by atomic mass is 9.95. The number of carbonyl (C=O) groups excluding carboxylic acids is 1. The van der Waals surface area contributed by atoms with E-state index in [1.165, 1.54) is 30.3 Å². The molecule has 2 heterocycles. The summed E-state index contributed by atoms with van der Waals surface area (Å²) in [4.78, 5) is 12.5. The Morgan fingerprint density at radius 2 is 2.04 bits per heavy atom. The summed E-state index contributed by atoms with van der Waals surface area (Å²) in [6, 6.07) is 9.51. The number of aromatic amines is 1. The van der Waals surface area contributed by atoms with E-state index in [-0.39, 0.29) is 5.91 Å². The number of rotatable bonds is 5. The first-order valence-corrected chi connectivity index (χ1v) is 8.62. The number of aryl methyl sites for hydroxylation is 1. The predicted molar refractivity (Wildman–Crippen MR) is 92.6 cm³/mol. The van der Waals surface area contributed by atoms with Gasteiger partial charge in [-0.15, -0.1) is 5.10 Å². The molecule has 2 aromatic heterocycles. The standard InChI is InChI=1S/C18H20N6O/c25-18(17-12-20-23-24(17)13-6-2-1-3-7-13)19-11-10-16-14-8-4-5-9-15(14)21-22-16/h1-3,6-7,12H,4-5,8-11H2,(H,19,25)(H,21,22). The topological polar surface area (TPSA) is 88.5 Å². The molecular weight excluding hydrogens is 316 g/mol. The molecule has 1 aromatic carbocycles. The minimum atomic E-state index is -0.182. The third kappa shape index (κ3) is 3.17. The van der Waals surface area contributed by atoms with E-state index in [0.717, 1.165) is 30.6 Å². The lowest BCUT2D eigenvalue weighted by Gasteiger charge is -2.11. The third-order valence-electron chi connectivity index (χ3n) is 4.57. The number of nitrogens with zero attached hydrogens (tertiary/aromatic N) is 4. The molecule has 0 bridgehead atoms. The van der Waals surface area contributed by atoms with Gasteiger partial charge in [-0.2, -0.15) is 5.10 Å². The zero-order chi connectivity index (χ0) is 17.1. The maximum absolute atomic E-state index is 12.5. The number of H-pyrrole nitrogens is 1. The monoisotopic (exact) mass is 336 g/mol. The summed E-state index contributed by atoms with van der Waals surface area (Å²) in [5.41, 5.74) is 4.92. The number of para-hydroxylation sites is 1. The lowest BCUT2D eigenvalue weighted by molar-refractivity contribution is 0.0946. The summed E-state index contributed by atoms with van der Waals surface area (Å²) in [5.74, 6) is -0.182. The highest BCUT2D eigenvalue weighted by Crippen LogP contribution is 2.22. The first-order valence-electron chi connectivity index (χ1n) is 8.62. The van der Waals surface area contributed by atoms with Gasteiger partial charge in [0, 0.05) is 18.7 Å². The average Bonchev–Trinajstić information content (AvgIpc) is 3.30. The fourth-order valence-corrected chi connectivity index (χ4v) is 3.29. The molecule has 0 aliphatic heterocycles. The van der Waals surface area contributed by atoms with Crippen LogP contribution < -0.4 is 5.32 Å². The fraction of sp³-hybridized carbons (Fsp3) is 0.333. The van der Waals surface area contributed by atoms with Gasteiger partial charge >= 0.3 is 0 Å². The summed E-state index contributed by atoms with van der Waals surface area (Å²) in [6.07, 6.45) is 6.81. The van der Waals surface area contributed by atoms with Gasteiger partial charge < -0.3 is 5.32 Å². The Balaban J connectivity index is 1.40. The Labute approximate surface area is 145 Å². The largest absolute Gasteiger partial charge is 0.350 e. The van der Waals surface area contributed by atoms with Crippen molar-refractivity contribution in [3.63, 3.8) is 0 Å². The molecule has 7 nitrogen and oxygen atoms in total. The fourth-order valence-electron chi connectivity index (χ4n) is 3.29. The highest BCUT2D eigenvalue weighted by Gasteiger charge is 2.18. The molecule has 0 atom stereocenters. The van der Waals surface area contributed by atoms with Gasteiger partial charge in [-0.1, -0.05) is 23.4 Å². The van der Waals surface area contributed by atoms with Crippen molar-refractivity contribution in [1.29, 1.82) is 0 Å². The zero-order valence-corrected chi connectivity index (χ0v) is 13.9. The predicted octanol–water partition coefficient (Wildman–Crippen LogP) is 1.84. The minimum Gasteiger partial charge on any atom is -0.350 e. The van der Waals surface area contributed by atoms with Gasteiger partial charge in [0.25, 0.3) is 5.91 Å². The van der Waals surface area contributed by atoms with Crippen LogP contribution in [0.2, 0.25) is 0 Å². The van der Waals surface area contributed by atoms with Crippen molar-refractivity contribution in [2.45, 2.75) is 32.1 Å². The normalized spacial score (nSPS) is 13.4. The van der Waals surface area contributed by atoms with Crippen LogP contribution in [0.3, 0.4) is 0 Å². The summed E-state index contributed by atoms with van der Waals surface area (Å²) < 4.78 is 1.55. The van der Waals surface area contributed by atoms with E-state index in [1.807, 2.05) is 30.3 Å². The van der Waals surface area contributed by atoms with E-state index >= 15 is 0 Å². The van der Waals surface area contributed by atoms with Crippen molar-refractivity contribution in [2.24, 2.45) is 0 Å². The number of aromatic nitrogens is 5. The Hall–Kier alpha value is -2.96. The summed E-state index contributed by atoms with van der Waals surface area (Å²) in [5, 5.41) is 18.4. The van der Waals surface area contributed by atoms with E-state index in [1.54, 1.807) is 4.68 Å². The van der Waals surface area contributed by atoms with Gasteiger partial charge in [0.1, 0.15) is 0 Å². The molecule has 2 N–H and O–H groups in total. The number of amides is 1. The number of hydrogen-bond acceptors (Lipinski definition) is 4. The average molecular weight is 336 g/mol. The van der Waals surface area contributed by atoms with Crippen LogP contribution in [-0.2, 0) is 19.3 Å². The Kier molecular flexibility index (Phi) is 4.28. The van der Waals surface area contributed by atoms with Gasteiger partial charge in [-0.05, 0) is 43.4 Å². The maximum atomic E-state index is 12.5. The Morgan fingerprint density at radius 1 is 1.20 bits per heavy atom. The first-order chi connectivity index (χ1) is 12.3. The number of carbonyl (C=O) groups is 1. The van der Waals surface area contributed by atoms with Crippen molar-refractivity contribution in [3.8, 4) is 5.69 Å².